The van der Waals surface area contributed by atoms with E-state index in [9.17, 15) is 0 Å². The van der Waals surface area contributed by atoms with Crippen molar-refractivity contribution >= 4 is 32.8 Å². The first-order chi connectivity index (χ1) is 24.5. The standard InChI is InChI=1S/C45H30N4O/c1-45(2)35-20-9-6-17-31(35)32-24-23-30(26-36(32)45)44-48-42(27-13-4-3-5-14-27)47-43(49-44)29-16-12-15-28(25-29)40-41-39(33-18-7-10-21-37(33)46-40)34-19-8-11-22-38(34)50-41/h3-26H,1-2H3. The van der Waals surface area contributed by atoms with Crippen molar-refractivity contribution in [2.24, 2.45) is 0 Å². The molecular formula is C45H30N4O. The molecule has 50 heavy (non-hydrogen) atoms. The predicted molar refractivity (Wildman–Crippen MR) is 202 cm³/mol. The van der Waals surface area contributed by atoms with Gasteiger partial charge in [-0.15, -0.1) is 0 Å². The lowest BCUT2D eigenvalue weighted by molar-refractivity contribution is 0.660. The quantitative estimate of drug-likeness (QED) is 0.191. The fraction of sp³-hybridized carbons (Fsp3) is 0.0667. The second kappa shape index (κ2) is 10.8. The molecular weight excluding hydrogens is 613 g/mol. The van der Waals surface area contributed by atoms with Crippen LogP contribution in [0.2, 0.25) is 0 Å². The van der Waals surface area contributed by atoms with Crippen LogP contribution in [0.25, 0.3) is 89.4 Å². The number of furan rings is 1. The zero-order valence-corrected chi connectivity index (χ0v) is 27.6. The number of fused-ring (bicyclic) bond motifs is 8. The maximum atomic E-state index is 6.52. The normalized spacial score (nSPS) is 13.2. The molecule has 5 nitrogen and oxygen atoms in total. The van der Waals surface area contributed by atoms with Crippen LogP contribution in [-0.2, 0) is 5.41 Å². The highest BCUT2D eigenvalue weighted by Crippen LogP contribution is 2.49. The van der Waals surface area contributed by atoms with Crippen LogP contribution in [0, 0.1) is 0 Å². The minimum atomic E-state index is -0.136. The predicted octanol–water partition coefficient (Wildman–Crippen LogP) is 11.3. The van der Waals surface area contributed by atoms with E-state index in [1.54, 1.807) is 0 Å². The van der Waals surface area contributed by atoms with E-state index in [2.05, 4.69) is 105 Å². The van der Waals surface area contributed by atoms with Crippen LogP contribution in [0.15, 0.2) is 150 Å². The summed E-state index contributed by atoms with van der Waals surface area (Å²) in [7, 11) is 0. The Hall–Kier alpha value is -6.46. The molecule has 0 bridgehead atoms. The maximum absolute atomic E-state index is 6.52. The van der Waals surface area contributed by atoms with Crippen molar-refractivity contribution in [2.75, 3.05) is 0 Å². The average Bonchev–Trinajstić information content (AvgIpc) is 3.67. The highest BCUT2D eigenvalue weighted by Gasteiger charge is 2.35. The Morgan fingerprint density at radius 2 is 1.08 bits per heavy atom. The van der Waals surface area contributed by atoms with Crippen LogP contribution >= 0.6 is 0 Å². The summed E-state index contributed by atoms with van der Waals surface area (Å²) in [5, 5.41) is 3.22. The van der Waals surface area contributed by atoms with E-state index in [-0.39, 0.29) is 5.41 Å². The molecule has 9 aromatic rings. The summed E-state index contributed by atoms with van der Waals surface area (Å²) in [5.74, 6) is 1.86. The summed E-state index contributed by atoms with van der Waals surface area (Å²) in [6.45, 7) is 4.59. The molecule has 1 aliphatic carbocycles. The van der Waals surface area contributed by atoms with Gasteiger partial charge in [0.1, 0.15) is 11.3 Å². The van der Waals surface area contributed by atoms with Gasteiger partial charge in [-0.2, -0.15) is 0 Å². The lowest BCUT2D eigenvalue weighted by Crippen LogP contribution is -2.15. The summed E-state index contributed by atoms with van der Waals surface area (Å²) in [4.78, 5) is 20.4. The first-order valence-corrected chi connectivity index (χ1v) is 16.9. The highest BCUT2D eigenvalue weighted by atomic mass is 16.3. The van der Waals surface area contributed by atoms with Gasteiger partial charge in [0.05, 0.1) is 5.52 Å². The third kappa shape index (κ3) is 4.33. The highest BCUT2D eigenvalue weighted by molar-refractivity contribution is 6.20. The van der Waals surface area contributed by atoms with Gasteiger partial charge in [0.25, 0.3) is 0 Å². The van der Waals surface area contributed by atoms with Crippen LogP contribution in [-0.4, -0.2) is 19.9 Å². The van der Waals surface area contributed by atoms with Gasteiger partial charge >= 0.3 is 0 Å². The number of nitrogens with zero attached hydrogens (tertiary/aromatic N) is 4. The van der Waals surface area contributed by atoms with Crippen LogP contribution in [0.1, 0.15) is 25.0 Å². The van der Waals surface area contributed by atoms with Gasteiger partial charge < -0.3 is 4.42 Å². The van der Waals surface area contributed by atoms with Crippen LogP contribution in [0.4, 0.5) is 0 Å². The molecule has 0 saturated heterocycles. The third-order valence-electron chi connectivity index (χ3n) is 10.1. The molecule has 0 saturated carbocycles. The molecule has 0 amide bonds. The molecule has 0 spiro atoms. The summed E-state index contributed by atoms with van der Waals surface area (Å²) in [6, 6.07) is 50.1. The molecule has 6 aromatic carbocycles. The summed E-state index contributed by atoms with van der Waals surface area (Å²) >= 11 is 0. The Labute approximate surface area is 289 Å². The topological polar surface area (TPSA) is 64.7 Å². The second-order valence-electron chi connectivity index (χ2n) is 13.5. The van der Waals surface area contributed by atoms with E-state index in [1.165, 1.54) is 22.3 Å². The van der Waals surface area contributed by atoms with Crippen LogP contribution in [0.5, 0.6) is 0 Å². The number of para-hydroxylation sites is 2. The van der Waals surface area contributed by atoms with Crippen molar-refractivity contribution in [2.45, 2.75) is 19.3 Å². The number of hydrogen-bond donors (Lipinski definition) is 0. The monoisotopic (exact) mass is 642 g/mol. The molecule has 1 aliphatic rings. The van der Waals surface area contributed by atoms with Crippen molar-refractivity contribution in [3.05, 3.63) is 157 Å². The molecule has 0 aliphatic heterocycles. The molecule has 0 unspecified atom stereocenters. The van der Waals surface area contributed by atoms with E-state index in [1.807, 2.05) is 54.6 Å². The molecule has 236 valence electrons. The van der Waals surface area contributed by atoms with Crippen molar-refractivity contribution in [3.8, 4) is 56.5 Å². The third-order valence-corrected chi connectivity index (χ3v) is 10.1. The Morgan fingerprint density at radius 1 is 0.460 bits per heavy atom. The zero-order chi connectivity index (χ0) is 33.4. The molecule has 10 rings (SSSR count). The van der Waals surface area contributed by atoms with Crippen molar-refractivity contribution < 1.29 is 4.42 Å². The number of pyridine rings is 1. The largest absolute Gasteiger partial charge is 0.454 e. The minimum Gasteiger partial charge on any atom is -0.454 e. The average molecular weight is 643 g/mol. The summed E-state index contributed by atoms with van der Waals surface area (Å²) < 4.78 is 6.52. The zero-order valence-electron chi connectivity index (χ0n) is 27.6. The number of rotatable bonds is 4. The van der Waals surface area contributed by atoms with Crippen molar-refractivity contribution in [1.29, 1.82) is 0 Å². The Morgan fingerprint density at radius 3 is 1.92 bits per heavy atom. The molecule has 0 atom stereocenters. The Balaban J connectivity index is 1.16. The smallest absolute Gasteiger partial charge is 0.164 e. The molecule has 0 fully saturated rings. The van der Waals surface area contributed by atoms with Gasteiger partial charge in [0.2, 0.25) is 0 Å². The van der Waals surface area contributed by atoms with E-state index in [0.717, 1.165) is 60.8 Å². The van der Waals surface area contributed by atoms with E-state index >= 15 is 0 Å². The molecule has 0 N–H and O–H groups in total. The van der Waals surface area contributed by atoms with E-state index in [4.69, 9.17) is 24.4 Å². The fourth-order valence-electron chi connectivity index (χ4n) is 7.63. The Bertz CT molecular complexity index is 2800. The van der Waals surface area contributed by atoms with Gasteiger partial charge in [-0.3, -0.25) is 0 Å². The fourth-order valence-corrected chi connectivity index (χ4v) is 7.63. The van der Waals surface area contributed by atoms with Crippen molar-refractivity contribution in [1.82, 2.24) is 19.9 Å². The van der Waals surface area contributed by atoms with E-state index in [0.29, 0.717) is 17.5 Å². The van der Waals surface area contributed by atoms with Crippen molar-refractivity contribution in [3.63, 3.8) is 0 Å². The molecule has 5 heteroatoms. The minimum absolute atomic E-state index is 0.136. The van der Waals surface area contributed by atoms with Gasteiger partial charge in [0.15, 0.2) is 23.1 Å². The number of benzene rings is 6. The first kappa shape index (κ1) is 28.5. The second-order valence-corrected chi connectivity index (χ2v) is 13.5. The summed E-state index contributed by atoms with van der Waals surface area (Å²) in [5.41, 5.74) is 12.0. The molecule has 3 heterocycles. The SMILES string of the molecule is CC1(C)c2ccccc2-c2ccc(-c3nc(-c4ccccc4)nc(-c4cccc(-c5nc6ccccc6c6c5oc5ccccc56)c4)n3)cc21. The van der Waals surface area contributed by atoms with Gasteiger partial charge in [-0.25, -0.2) is 19.9 Å². The summed E-state index contributed by atoms with van der Waals surface area (Å²) in [6.07, 6.45) is 0. The van der Waals surface area contributed by atoms with Crippen LogP contribution < -0.4 is 0 Å². The van der Waals surface area contributed by atoms with Gasteiger partial charge in [0, 0.05) is 43.8 Å². The van der Waals surface area contributed by atoms with Gasteiger partial charge in [-0.05, 0) is 46.5 Å². The van der Waals surface area contributed by atoms with E-state index < -0.39 is 0 Å². The molecule has 3 aromatic heterocycles. The van der Waals surface area contributed by atoms with Crippen LogP contribution in [0.3, 0.4) is 0 Å². The van der Waals surface area contributed by atoms with Gasteiger partial charge in [-0.1, -0.05) is 135 Å². The first-order valence-electron chi connectivity index (χ1n) is 16.9. The molecule has 0 radical (unpaired) electrons. The number of hydrogen-bond acceptors (Lipinski definition) is 5. The Kier molecular flexibility index (Phi) is 6.15. The number of aromatic nitrogens is 4. The lowest BCUT2D eigenvalue weighted by atomic mass is 9.82. The lowest BCUT2D eigenvalue weighted by Gasteiger charge is -2.21. The maximum Gasteiger partial charge on any atom is 0.164 e.